The van der Waals surface area contributed by atoms with Crippen LogP contribution in [0.1, 0.15) is 31.4 Å². The predicted octanol–water partition coefficient (Wildman–Crippen LogP) is 2.53. The predicted molar refractivity (Wildman–Crippen MR) is 79.6 cm³/mol. The summed E-state index contributed by atoms with van der Waals surface area (Å²) in [6, 6.07) is 9.66. The van der Waals surface area contributed by atoms with Gasteiger partial charge in [0.15, 0.2) is 0 Å². The SMILES string of the molecule is C[C@H]([C@@H](O)c1ccccc1)N1C(=O)CC[C@@H]1CI. The number of nitrogens with zero attached hydrogens (tertiary/aromatic N) is 1. The van der Waals surface area contributed by atoms with Gasteiger partial charge in [-0.25, -0.2) is 0 Å². The van der Waals surface area contributed by atoms with Crippen LogP contribution in [0, 0.1) is 0 Å². The highest BCUT2D eigenvalue weighted by Crippen LogP contribution is 2.29. The van der Waals surface area contributed by atoms with Gasteiger partial charge in [0.05, 0.1) is 12.1 Å². The molecule has 18 heavy (non-hydrogen) atoms. The van der Waals surface area contributed by atoms with E-state index >= 15 is 0 Å². The molecule has 1 aromatic rings. The quantitative estimate of drug-likeness (QED) is 0.663. The number of benzene rings is 1. The normalized spacial score (nSPS) is 23.2. The molecule has 1 amide bonds. The molecule has 0 aromatic heterocycles. The van der Waals surface area contributed by atoms with E-state index in [9.17, 15) is 9.90 Å². The summed E-state index contributed by atoms with van der Waals surface area (Å²) in [7, 11) is 0. The first-order valence-electron chi connectivity index (χ1n) is 6.25. The summed E-state index contributed by atoms with van der Waals surface area (Å²) in [5.74, 6) is 0.166. The van der Waals surface area contributed by atoms with Gasteiger partial charge >= 0.3 is 0 Å². The van der Waals surface area contributed by atoms with Gasteiger partial charge in [-0.15, -0.1) is 0 Å². The second kappa shape index (κ2) is 6.02. The first-order chi connectivity index (χ1) is 8.65. The number of hydrogen-bond donors (Lipinski definition) is 1. The molecule has 1 aliphatic rings. The fourth-order valence-corrected chi connectivity index (χ4v) is 3.42. The van der Waals surface area contributed by atoms with Gasteiger partial charge in [-0.3, -0.25) is 4.79 Å². The Morgan fingerprint density at radius 2 is 2.11 bits per heavy atom. The molecule has 98 valence electrons. The molecule has 4 heteroatoms. The van der Waals surface area contributed by atoms with Crippen molar-refractivity contribution < 1.29 is 9.90 Å². The van der Waals surface area contributed by atoms with Crippen LogP contribution in [0.25, 0.3) is 0 Å². The summed E-state index contributed by atoms with van der Waals surface area (Å²) >= 11 is 2.31. The van der Waals surface area contributed by atoms with Crippen molar-refractivity contribution in [3.05, 3.63) is 35.9 Å². The van der Waals surface area contributed by atoms with Gasteiger partial charge in [0, 0.05) is 16.9 Å². The van der Waals surface area contributed by atoms with E-state index in [-0.39, 0.29) is 18.0 Å². The lowest BCUT2D eigenvalue weighted by Crippen LogP contribution is -2.44. The molecule has 0 aliphatic carbocycles. The van der Waals surface area contributed by atoms with Gasteiger partial charge in [0.2, 0.25) is 5.91 Å². The Morgan fingerprint density at radius 3 is 2.72 bits per heavy atom. The fraction of sp³-hybridized carbons (Fsp3) is 0.500. The molecule has 2 rings (SSSR count). The molecular formula is C14H18INO2. The number of hydrogen-bond acceptors (Lipinski definition) is 2. The minimum absolute atomic E-state index is 0.165. The van der Waals surface area contributed by atoms with Crippen LogP contribution in [-0.4, -0.2) is 32.4 Å². The second-order valence-corrected chi connectivity index (χ2v) is 5.62. The van der Waals surface area contributed by atoms with E-state index < -0.39 is 6.10 Å². The zero-order valence-corrected chi connectivity index (χ0v) is 12.6. The van der Waals surface area contributed by atoms with Crippen LogP contribution in [0.4, 0.5) is 0 Å². The Kier molecular flexibility index (Phi) is 4.61. The molecule has 0 spiro atoms. The molecule has 1 heterocycles. The number of amides is 1. The third kappa shape index (κ3) is 2.69. The standard InChI is InChI=1S/C14H18INO2/c1-10(14(18)11-5-3-2-4-6-11)16-12(9-15)7-8-13(16)17/h2-6,10,12,14,18H,7-9H2,1H3/t10-,12-,14-/m1/s1. The highest BCUT2D eigenvalue weighted by Gasteiger charge is 2.36. The van der Waals surface area contributed by atoms with E-state index in [1.807, 2.05) is 42.2 Å². The number of aliphatic hydroxyl groups excluding tert-OH is 1. The largest absolute Gasteiger partial charge is 0.386 e. The molecule has 0 unspecified atom stereocenters. The summed E-state index contributed by atoms with van der Waals surface area (Å²) < 4.78 is 0.926. The summed E-state index contributed by atoms with van der Waals surface area (Å²) in [6.07, 6.45) is 0.909. The molecule has 0 radical (unpaired) electrons. The molecule has 3 nitrogen and oxygen atoms in total. The first-order valence-corrected chi connectivity index (χ1v) is 7.78. The zero-order chi connectivity index (χ0) is 13.1. The maximum atomic E-state index is 11.9. The van der Waals surface area contributed by atoms with E-state index in [4.69, 9.17) is 0 Å². The van der Waals surface area contributed by atoms with Crippen molar-refractivity contribution in [2.45, 2.75) is 38.0 Å². The monoisotopic (exact) mass is 359 g/mol. The van der Waals surface area contributed by atoms with Crippen molar-refractivity contribution in [2.75, 3.05) is 4.43 Å². The first kappa shape index (κ1) is 13.8. The van der Waals surface area contributed by atoms with E-state index in [0.717, 1.165) is 16.4 Å². The molecule has 1 aliphatic heterocycles. The molecular weight excluding hydrogens is 341 g/mol. The molecule has 0 saturated carbocycles. The Hall–Kier alpha value is -0.620. The second-order valence-electron chi connectivity index (χ2n) is 4.74. The minimum atomic E-state index is -0.612. The summed E-state index contributed by atoms with van der Waals surface area (Å²) in [5, 5.41) is 10.4. The van der Waals surface area contributed by atoms with Crippen LogP contribution in [0.5, 0.6) is 0 Å². The van der Waals surface area contributed by atoms with Crippen LogP contribution >= 0.6 is 22.6 Å². The van der Waals surface area contributed by atoms with Gasteiger partial charge in [-0.1, -0.05) is 52.9 Å². The van der Waals surface area contributed by atoms with Gasteiger partial charge in [0.1, 0.15) is 0 Å². The molecule has 1 aromatic carbocycles. The maximum Gasteiger partial charge on any atom is 0.223 e. The van der Waals surface area contributed by atoms with Gasteiger partial charge in [0.25, 0.3) is 0 Å². The molecule has 1 fully saturated rings. The molecule has 0 bridgehead atoms. The van der Waals surface area contributed by atoms with Crippen molar-refractivity contribution in [2.24, 2.45) is 0 Å². The Labute approximate surface area is 121 Å². The van der Waals surface area contributed by atoms with Crippen LogP contribution in [0.3, 0.4) is 0 Å². The topological polar surface area (TPSA) is 40.5 Å². The van der Waals surface area contributed by atoms with E-state index in [0.29, 0.717) is 6.42 Å². The average molecular weight is 359 g/mol. The Bertz CT molecular complexity index is 410. The molecule has 3 atom stereocenters. The number of likely N-dealkylation sites (tertiary alicyclic amines) is 1. The van der Waals surface area contributed by atoms with Crippen LogP contribution in [0.15, 0.2) is 30.3 Å². The summed E-state index contributed by atoms with van der Waals surface area (Å²) in [4.78, 5) is 13.8. The number of halogens is 1. The summed E-state index contributed by atoms with van der Waals surface area (Å²) in [6.45, 7) is 1.93. The lowest BCUT2D eigenvalue weighted by Gasteiger charge is -2.33. The molecule has 1 saturated heterocycles. The number of alkyl halides is 1. The number of aliphatic hydroxyl groups is 1. The summed E-state index contributed by atoms with van der Waals surface area (Å²) in [5.41, 5.74) is 0.872. The van der Waals surface area contributed by atoms with Crippen molar-refractivity contribution in [3.8, 4) is 0 Å². The van der Waals surface area contributed by atoms with Crippen LogP contribution in [-0.2, 0) is 4.79 Å². The van der Waals surface area contributed by atoms with Crippen molar-refractivity contribution in [3.63, 3.8) is 0 Å². The van der Waals surface area contributed by atoms with Gasteiger partial charge < -0.3 is 10.0 Å². The zero-order valence-electron chi connectivity index (χ0n) is 10.4. The lowest BCUT2D eigenvalue weighted by atomic mass is 10.0. The van der Waals surface area contributed by atoms with Crippen molar-refractivity contribution in [1.82, 2.24) is 4.90 Å². The van der Waals surface area contributed by atoms with Crippen LogP contribution in [0.2, 0.25) is 0 Å². The maximum absolute atomic E-state index is 11.9. The number of rotatable bonds is 4. The minimum Gasteiger partial charge on any atom is -0.386 e. The Balaban J connectivity index is 2.15. The smallest absolute Gasteiger partial charge is 0.223 e. The van der Waals surface area contributed by atoms with Crippen LogP contribution < -0.4 is 0 Å². The van der Waals surface area contributed by atoms with Crippen molar-refractivity contribution in [1.29, 1.82) is 0 Å². The fourth-order valence-electron chi connectivity index (χ4n) is 2.55. The number of carbonyl (C=O) groups excluding carboxylic acids is 1. The van der Waals surface area contributed by atoms with E-state index in [2.05, 4.69) is 22.6 Å². The third-order valence-corrected chi connectivity index (χ3v) is 4.60. The van der Waals surface area contributed by atoms with Gasteiger partial charge in [-0.2, -0.15) is 0 Å². The highest BCUT2D eigenvalue weighted by molar-refractivity contribution is 14.1. The molecule has 1 N–H and O–H groups in total. The Morgan fingerprint density at radius 1 is 1.44 bits per heavy atom. The average Bonchev–Trinajstić information content (AvgIpc) is 2.79. The van der Waals surface area contributed by atoms with Gasteiger partial charge in [-0.05, 0) is 18.9 Å². The third-order valence-electron chi connectivity index (χ3n) is 3.59. The van der Waals surface area contributed by atoms with Crippen molar-refractivity contribution >= 4 is 28.5 Å². The van der Waals surface area contributed by atoms with E-state index in [1.54, 1.807) is 0 Å². The van der Waals surface area contributed by atoms with E-state index in [1.165, 1.54) is 0 Å². The lowest BCUT2D eigenvalue weighted by molar-refractivity contribution is -0.133. The highest BCUT2D eigenvalue weighted by atomic mass is 127. The number of carbonyl (C=O) groups is 1.